The van der Waals surface area contributed by atoms with Crippen LogP contribution >= 0.6 is 23.2 Å². The van der Waals surface area contributed by atoms with Gasteiger partial charge in [-0.2, -0.15) is 0 Å². The van der Waals surface area contributed by atoms with Gasteiger partial charge < -0.3 is 10.2 Å². The fourth-order valence-electron chi connectivity index (χ4n) is 4.24. The number of nitrogens with zero attached hydrogens (tertiary/aromatic N) is 2. The maximum absolute atomic E-state index is 13.3. The number of benzene rings is 1. The lowest BCUT2D eigenvalue weighted by Crippen LogP contribution is -2.45. The number of hydrogen-bond acceptors (Lipinski definition) is 2. The van der Waals surface area contributed by atoms with Crippen LogP contribution in [0.3, 0.4) is 0 Å². The monoisotopic (exact) mass is 393 g/mol. The third-order valence-corrected chi connectivity index (χ3v) is 6.24. The van der Waals surface area contributed by atoms with Crippen LogP contribution in [0, 0.1) is 0 Å². The molecular formula is C19H21Cl2N3O2. The molecule has 0 spiro atoms. The van der Waals surface area contributed by atoms with Crippen LogP contribution in [0.4, 0.5) is 4.79 Å². The summed E-state index contributed by atoms with van der Waals surface area (Å²) in [4.78, 5) is 29.2. The number of carbonyl (C=O) groups excluding carboxylic acids is 2. The van der Waals surface area contributed by atoms with E-state index in [1.165, 1.54) is 6.42 Å². The zero-order chi connectivity index (χ0) is 18.4. The molecule has 26 heavy (non-hydrogen) atoms. The van der Waals surface area contributed by atoms with Crippen molar-refractivity contribution in [3.8, 4) is 0 Å². The number of halogens is 2. The molecule has 1 aliphatic carbocycles. The van der Waals surface area contributed by atoms with Gasteiger partial charge in [0.05, 0.1) is 23.9 Å². The van der Waals surface area contributed by atoms with Crippen LogP contribution < -0.4 is 5.32 Å². The van der Waals surface area contributed by atoms with Crippen molar-refractivity contribution in [2.75, 3.05) is 13.6 Å². The van der Waals surface area contributed by atoms with Gasteiger partial charge in [0.1, 0.15) is 0 Å². The van der Waals surface area contributed by atoms with Crippen LogP contribution in [-0.2, 0) is 4.79 Å². The molecule has 138 valence electrons. The van der Waals surface area contributed by atoms with Crippen LogP contribution in [0.15, 0.2) is 29.5 Å². The Hall–Kier alpha value is -1.72. The van der Waals surface area contributed by atoms with Crippen LogP contribution in [0.5, 0.6) is 0 Å². The molecular weight excluding hydrogens is 373 g/mol. The molecule has 3 aliphatic rings. The van der Waals surface area contributed by atoms with Crippen molar-refractivity contribution in [2.24, 2.45) is 0 Å². The van der Waals surface area contributed by atoms with Gasteiger partial charge in [-0.15, -0.1) is 0 Å². The normalized spacial score (nSPS) is 24.2. The van der Waals surface area contributed by atoms with Crippen molar-refractivity contribution in [1.29, 1.82) is 0 Å². The first-order valence-corrected chi connectivity index (χ1v) is 9.76. The first-order chi connectivity index (χ1) is 12.5. The largest absolute Gasteiger partial charge is 0.330 e. The molecule has 0 radical (unpaired) electrons. The van der Waals surface area contributed by atoms with Crippen LogP contribution in [0.1, 0.15) is 43.7 Å². The quantitative estimate of drug-likeness (QED) is 0.821. The standard InChI is InChI=1S/C19H21Cl2N3O2/c1-23-15-10-24(12-5-3-2-4-6-12)18(25)16(15)17(22-19(23)26)13-8-7-11(20)9-14(13)21/h7-9,12,17H,2-6,10H2,1H3,(H,22,26)/t17-/m0/s1. The van der Waals surface area contributed by atoms with E-state index >= 15 is 0 Å². The number of carbonyl (C=O) groups is 2. The minimum Gasteiger partial charge on any atom is -0.330 e. The zero-order valence-electron chi connectivity index (χ0n) is 14.6. The second kappa shape index (κ2) is 6.78. The molecule has 3 amide bonds. The van der Waals surface area contributed by atoms with Gasteiger partial charge in [-0.25, -0.2) is 4.79 Å². The fraction of sp³-hybridized carbons (Fsp3) is 0.474. The molecule has 4 rings (SSSR count). The highest BCUT2D eigenvalue weighted by Gasteiger charge is 2.45. The summed E-state index contributed by atoms with van der Waals surface area (Å²) in [5.41, 5.74) is 2.10. The molecule has 0 bridgehead atoms. The van der Waals surface area contributed by atoms with E-state index in [9.17, 15) is 9.59 Å². The predicted molar refractivity (Wildman–Crippen MR) is 101 cm³/mol. The molecule has 0 unspecified atom stereocenters. The van der Waals surface area contributed by atoms with E-state index in [0.717, 1.165) is 31.4 Å². The van der Waals surface area contributed by atoms with Gasteiger partial charge in [-0.1, -0.05) is 48.5 Å². The summed E-state index contributed by atoms with van der Waals surface area (Å²) in [6.45, 7) is 0.491. The minimum atomic E-state index is -0.542. The number of urea groups is 1. The van der Waals surface area contributed by atoms with Crippen molar-refractivity contribution >= 4 is 35.1 Å². The number of rotatable bonds is 2. The Bertz CT molecular complexity index is 802. The van der Waals surface area contributed by atoms with Crippen molar-refractivity contribution < 1.29 is 9.59 Å². The highest BCUT2D eigenvalue weighted by Crippen LogP contribution is 2.40. The molecule has 1 aromatic rings. The number of hydrogen-bond donors (Lipinski definition) is 1. The Morgan fingerprint density at radius 1 is 1.12 bits per heavy atom. The van der Waals surface area contributed by atoms with E-state index in [2.05, 4.69) is 5.32 Å². The summed E-state index contributed by atoms with van der Waals surface area (Å²) in [5.74, 6) is 0.00904. The molecule has 1 aromatic carbocycles. The van der Waals surface area contributed by atoms with E-state index in [-0.39, 0.29) is 18.0 Å². The fourth-order valence-corrected chi connectivity index (χ4v) is 4.76. The van der Waals surface area contributed by atoms with E-state index in [4.69, 9.17) is 23.2 Å². The first-order valence-electron chi connectivity index (χ1n) is 9.00. The van der Waals surface area contributed by atoms with Gasteiger partial charge in [0.25, 0.3) is 5.91 Å². The van der Waals surface area contributed by atoms with E-state index in [1.807, 2.05) is 4.90 Å². The molecule has 1 atom stereocenters. The highest BCUT2D eigenvalue weighted by atomic mass is 35.5. The lowest BCUT2D eigenvalue weighted by atomic mass is 9.93. The van der Waals surface area contributed by atoms with Gasteiger partial charge in [-0.3, -0.25) is 9.69 Å². The first kappa shape index (κ1) is 17.7. The summed E-state index contributed by atoms with van der Waals surface area (Å²) in [6.07, 6.45) is 5.60. The number of likely N-dealkylation sites (N-methyl/N-ethyl adjacent to an activating group) is 1. The minimum absolute atomic E-state index is 0.00904. The number of amides is 3. The summed E-state index contributed by atoms with van der Waals surface area (Å²) >= 11 is 12.4. The van der Waals surface area contributed by atoms with Gasteiger partial charge in [0.2, 0.25) is 0 Å². The maximum Gasteiger partial charge on any atom is 0.322 e. The van der Waals surface area contributed by atoms with Crippen LogP contribution in [-0.4, -0.2) is 41.4 Å². The van der Waals surface area contributed by atoms with E-state index in [1.54, 1.807) is 30.1 Å². The molecule has 7 heteroatoms. The van der Waals surface area contributed by atoms with Crippen molar-refractivity contribution in [3.63, 3.8) is 0 Å². The van der Waals surface area contributed by atoms with Gasteiger partial charge in [0, 0.05) is 23.1 Å². The molecule has 2 heterocycles. The third-order valence-electron chi connectivity index (χ3n) is 5.68. The van der Waals surface area contributed by atoms with Crippen molar-refractivity contribution in [2.45, 2.75) is 44.2 Å². The summed E-state index contributed by atoms with van der Waals surface area (Å²) in [7, 11) is 1.71. The van der Waals surface area contributed by atoms with E-state index in [0.29, 0.717) is 27.7 Å². The van der Waals surface area contributed by atoms with Gasteiger partial charge in [0.15, 0.2) is 0 Å². The van der Waals surface area contributed by atoms with Crippen molar-refractivity contribution in [1.82, 2.24) is 15.1 Å². The molecule has 0 saturated heterocycles. The Kier molecular flexibility index (Phi) is 4.61. The second-order valence-corrected chi connectivity index (χ2v) is 8.04. The Labute approximate surface area is 162 Å². The topological polar surface area (TPSA) is 52.7 Å². The van der Waals surface area contributed by atoms with Gasteiger partial charge >= 0.3 is 6.03 Å². The highest BCUT2D eigenvalue weighted by molar-refractivity contribution is 6.35. The maximum atomic E-state index is 13.3. The molecule has 1 N–H and O–H groups in total. The van der Waals surface area contributed by atoms with Gasteiger partial charge in [-0.05, 0) is 30.5 Å². The summed E-state index contributed by atoms with van der Waals surface area (Å²) in [5, 5.41) is 3.89. The van der Waals surface area contributed by atoms with Crippen LogP contribution in [0.25, 0.3) is 0 Å². The SMILES string of the molecule is CN1C(=O)N[C@@H](c2ccc(Cl)cc2Cl)C2=C1CN(C1CCCCC1)C2=O. The second-order valence-electron chi connectivity index (χ2n) is 7.19. The average molecular weight is 394 g/mol. The molecule has 1 fully saturated rings. The smallest absolute Gasteiger partial charge is 0.322 e. The Balaban J connectivity index is 1.72. The van der Waals surface area contributed by atoms with Crippen molar-refractivity contribution in [3.05, 3.63) is 45.1 Å². The lowest BCUT2D eigenvalue weighted by molar-refractivity contribution is -0.128. The predicted octanol–water partition coefficient (Wildman–Crippen LogP) is 4.12. The Morgan fingerprint density at radius 2 is 1.85 bits per heavy atom. The average Bonchev–Trinajstić information content (AvgIpc) is 2.97. The van der Waals surface area contributed by atoms with Crippen LogP contribution in [0.2, 0.25) is 10.0 Å². The van der Waals surface area contributed by atoms with E-state index < -0.39 is 6.04 Å². The molecule has 5 nitrogen and oxygen atoms in total. The summed E-state index contributed by atoms with van der Waals surface area (Å²) in [6, 6.07) is 4.64. The lowest BCUT2D eigenvalue weighted by Gasteiger charge is -2.31. The summed E-state index contributed by atoms with van der Waals surface area (Å²) < 4.78 is 0. The molecule has 2 aliphatic heterocycles. The Morgan fingerprint density at radius 3 is 2.54 bits per heavy atom. The number of nitrogens with one attached hydrogen (secondary N) is 1. The molecule has 1 saturated carbocycles. The zero-order valence-corrected chi connectivity index (χ0v) is 16.1. The third kappa shape index (κ3) is 2.87. The molecule has 0 aromatic heterocycles.